The first kappa shape index (κ1) is 16.2. The molecule has 0 spiro atoms. The van der Waals surface area contributed by atoms with Gasteiger partial charge in [0.2, 0.25) is 0 Å². The average Bonchev–Trinajstić information content (AvgIpc) is 3.06. The summed E-state index contributed by atoms with van der Waals surface area (Å²) in [5.41, 5.74) is 14.5. The Hall–Kier alpha value is -3.31. The minimum absolute atomic E-state index is 0.160. The van der Waals surface area contributed by atoms with Crippen LogP contribution in [0.25, 0.3) is 0 Å². The Morgan fingerprint density at radius 2 is 1.81 bits per heavy atom. The van der Waals surface area contributed by atoms with Gasteiger partial charge in [-0.25, -0.2) is 5.43 Å². The molecule has 0 fully saturated rings. The van der Waals surface area contributed by atoms with E-state index < -0.39 is 0 Å². The number of carbonyl (C=O) groups excluding carboxylic acids is 1. The average molecular weight is 344 g/mol. The molecule has 0 aliphatic carbocycles. The smallest absolute Gasteiger partial charge is 0.255 e. The van der Waals surface area contributed by atoms with Crippen LogP contribution >= 0.6 is 0 Å². The fraction of sp³-hybridized carbons (Fsp3) is 0.0952. The fourth-order valence-corrected chi connectivity index (χ4v) is 3.11. The molecule has 3 aromatic rings. The Kier molecular flexibility index (Phi) is 4.29. The molecule has 0 bridgehead atoms. The number of anilines is 3. The van der Waals surface area contributed by atoms with Crippen molar-refractivity contribution < 1.29 is 4.79 Å². The van der Waals surface area contributed by atoms with E-state index in [-0.39, 0.29) is 5.91 Å². The number of benzene rings is 3. The van der Waals surface area contributed by atoms with Gasteiger partial charge in [-0.1, -0.05) is 42.5 Å². The number of nitrogens with zero attached hydrogens (tertiary/aromatic N) is 1. The molecule has 0 unspecified atom stereocenters. The van der Waals surface area contributed by atoms with Crippen molar-refractivity contribution in [3.8, 4) is 0 Å². The molecule has 0 aromatic heterocycles. The number of nitrogens with two attached hydrogens (primary N) is 1. The summed E-state index contributed by atoms with van der Waals surface area (Å²) in [6.07, 6.45) is 0. The standard InChI is InChI=1S/C21H20N4O/c22-18-8-4-5-9-19(18)24-21(26)16-10-11-20-17(12-16)13-23-25(20)14-15-6-2-1-3-7-15/h1-12,23H,13-14,22H2,(H,24,26). The molecule has 5 heteroatoms. The molecular weight excluding hydrogens is 324 g/mol. The number of nitrogen functional groups attached to an aromatic ring is 1. The van der Waals surface area contributed by atoms with Crippen molar-refractivity contribution in [1.82, 2.24) is 5.43 Å². The summed E-state index contributed by atoms with van der Waals surface area (Å²) in [5.74, 6) is -0.160. The molecule has 1 aliphatic heterocycles. The van der Waals surface area contributed by atoms with Gasteiger partial charge in [0.05, 0.1) is 23.6 Å². The minimum Gasteiger partial charge on any atom is -0.397 e. The molecule has 130 valence electrons. The van der Waals surface area contributed by atoms with Crippen molar-refractivity contribution in [3.63, 3.8) is 0 Å². The molecule has 26 heavy (non-hydrogen) atoms. The van der Waals surface area contributed by atoms with Crippen molar-refractivity contribution in [2.24, 2.45) is 0 Å². The van der Waals surface area contributed by atoms with Crippen LogP contribution in [0.3, 0.4) is 0 Å². The maximum absolute atomic E-state index is 12.5. The van der Waals surface area contributed by atoms with E-state index in [1.807, 2.05) is 48.5 Å². The molecule has 5 nitrogen and oxygen atoms in total. The molecule has 1 amide bonds. The number of fused-ring (bicyclic) bond motifs is 1. The first-order chi connectivity index (χ1) is 12.7. The minimum atomic E-state index is -0.160. The number of para-hydroxylation sites is 2. The molecule has 4 N–H and O–H groups in total. The van der Waals surface area contributed by atoms with E-state index >= 15 is 0 Å². The highest BCUT2D eigenvalue weighted by atomic mass is 16.1. The van der Waals surface area contributed by atoms with Gasteiger partial charge in [0.1, 0.15) is 0 Å². The van der Waals surface area contributed by atoms with Crippen molar-refractivity contribution in [1.29, 1.82) is 0 Å². The monoisotopic (exact) mass is 344 g/mol. The van der Waals surface area contributed by atoms with Gasteiger partial charge in [0.25, 0.3) is 5.91 Å². The predicted octanol–water partition coefficient (Wildman–Crippen LogP) is 3.55. The highest BCUT2D eigenvalue weighted by Gasteiger charge is 2.20. The highest BCUT2D eigenvalue weighted by Crippen LogP contribution is 2.28. The first-order valence-electron chi connectivity index (χ1n) is 8.54. The topological polar surface area (TPSA) is 70.4 Å². The molecule has 3 aromatic carbocycles. The van der Waals surface area contributed by atoms with Gasteiger partial charge in [0, 0.05) is 12.1 Å². The van der Waals surface area contributed by atoms with E-state index in [1.54, 1.807) is 12.1 Å². The summed E-state index contributed by atoms with van der Waals surface area (Å²) >= 11 is 0. The van der Waals surface area contributed by atoms with E-state index in [2.05, 4.69) is 27.9 Å². The second kappa shape index (κ2) is 6.90. The molecule has 0 saturated heterocycles. The number of hydrogen-bond donors (Lipinski definition) is 3. The summed E-state index contributed by atoms with van der Waals surface area (Å²) in [6, 6.07) is 23.3. The lowest BCUT2D eigenvalue weighted by Crippen LogP contribution is -2.31. The third-order valence-corrected chi connectivity index (χ3v) is 4.49. The van der Waals surface area contributed by atoms with Gasteiger partial charge in [-0.05, 0) is 41.5 Å². The lowest BCUT2D eigenvalue weighted by molar-refractivity contribution is 0.102. The Morgan fingerprint density at radius 1 is 1.04 bits per heavy atom. The zero-order chi connectivity index (χ0) is 17.9. The van der Waals surface area contributed by atoms with E-state index in [4.69, 9.17) is 5.73 Å². The fourth-order valence-electron chi connectivity index (χ4n) is 3.11. The molecule has 0 saturated carbocycles. The summed E-state index contributed by atoms with van der Waals surface area (Å²) in [5, 5.41) is 4.98. The maximum Gasteiger partial charge on any atom is 0.255 e. The summed E-state index contributed by atoms with van der Waals surface area (Å²) < 4.78 is 0. The Bertz CT molecular complexity index is 940. The van der Waals surface area contributed by atoms with Gasteiger partial charge < -0.3 is 16.1 Å². The zero-order valence-corrected chi connectivity index (χ0v) is 14.3. The van der Waals surface area contributed by atoms with Crippen molar-refractivity contribution in [2.75, 3.05) is 16.1 Å². The molecule has 1 heterocycles. The van der Waals surface area contributed by atoms with Crippen LogP contribution in [0.2, 0.25) is 0 Å². The van der Waals surface area contributed by atoms with Crippen LogP contribution in [0.15, 0.2) is 72.8 Å². The normalized spacial score (nSPS) is 12.7. The first-order valence-corrected chi connectivity index (χ1v) is 8.54. The van der Waals surface area contributed by atoms with Gasteiger partial charge in [-0.3, -0.25) is 4.79 Å². The van der Waals surface area contributed by atoms with E-state index in [1.165, 1.54) is 5.56 Å². The predicted molar refractivity (Wildman–Crippen MR) is 105 cm³/mol. The van der Waals surface area contributed by atoms with Crippen LogP contribution in [0, 0.1) is 0 Å². The van der Waals surface area contributed by atoms with E-state index in [9.17, 15) is 4.79 Å². The van der Waals surface area contributed by atoms with Gasteiger partial charge in [-0.15, -0.1) is 0 Å². The molecule has 0 radical (unpaired) electrons. The summed E-state index contributed by atoms with van der Waals surface area (Å²) in [6.45, 7) is 1.48. The van der Waals surface area contributed by atoms with E-state index in [0.717, 1.165) is 17.8 Å². The van der Waals surface area contributed by atoms with Crippen molar-refractivity contribution in [3.05, 3.63) is 89.5 Å². The maximum atomic E-state index is 12.5. The number of hydrogen-bond acceptors (Lipinski definition) is 4. The zero-order valence-electron chi connectivity index (χ0n) is 14.3. The van der Waals surface area contributed by atoms with Gasteiger partial charge >= 0.3 is 0 Å². The number of rotatable bonds is 4. The number of carbonyl (C=O) groups is 1. The third kappa shape index (κ3) is 3.25. The van der Waals surface area contributed by atoms with Crippen LogP contribution in [-0.2, 0) is 13.1 Å². The molecular formula is C21H20N4O. The molecule has 4 rings (SSSR count). The Balaban J connectivity index is 1.51. The second-order valence-corrected chi connectivity index (χ2v) is 6.29. The van der Waals surface area contributed by atoms with Gasteiger partial charge in [0.15, 0.2) is 0 Å². The van der Waals surface area contributed by atoms with Crippen molar-refractivity contribution >= 4 is 23.0 Å². The van der Waals surface area contributed by atoms with Crippen LogP contribution in [0.4, 0.5) is 17.1 Å². The quantitative estimate of drug-likeness (QED) is 0.633. The Labute approximate surface area is 152 Å². The van der Waals surface area contributed by atoms with Crippen molar-refractivity contribution in [2.45, 2.75) is 13.1 Å². The lowest BCUT2D eigenvalue weighted by atomic mass is 10.1. The summed E-state index contributed by atoms with van der Waals surface area (Å²) in [7, 11) is 0. The number of nitrogens with one attached hydrogen (secondary N) is 2. The Morgan fingerprint density at radius 3 is 2.62 bits per heavy atom. The van der Waals surface area contributed by atoms with Crippen LogP contribution in [-0.4, -0.2) is 5.91 Å². The SMILES string of the molecule is Nc1ccccc1NC(=O)c1ccc2c(c1)CNN2Cc1ccccc1. The third-order valence-electron chi connectivity index (χ3n) is 4.49. The summed E-state index contributed by atoms with van der Waals surface area (Å²) in [4.78, 5) is 12.5. The van der Waals surface area contributed by atoms with E-state index in [0.29, 0.717) is 23.5 Å². The second-order valence-electron chi connectivity index (χ2n) is 6.29. The number of amides is 1. The van der Waals surface area contributed by atoms with Crippen LogP contribution in [0.1, 0.15) is 21.5 Å². The highest BCUT2D eigenvalue weighted by molar-refractivity contribution is 6.06. The van der Waals surface area contributed by atoms with Gasteiger partial charge in [-0.2, -0.15) is 0 Å². The molecule has 1 aliphatic rings. The molecule has 0 atom stereocenters. The van der Waals surface area contributed by atoms with Crippen LogP contribution < -0.4 is 21.5 Å². The largest absolute Gasteiger partial charge is 0.397 e. The lowest BCUT2D eigenvalue weighted by Gasteiger charge is -2.19. The number of hydrazine groups is 1. The van der Waals surface area contributed by atoms with Crippen LogP contribution in [0.5, 0.6) is 0 Å².